The van der Waals surface area contributed by atoms with E-state index in [9.17, 15) is 5.11 Å². The monoisotopic (exact) mass is 376 g/mol. The van der Waals surface area contributed by atoms with E-state index in [1.54, 1.807) is 0 Å². The Labute approximate surface area is 165 Å². The molecule has 0 amide bonds. The Morgan fingerprint density at radius 3 is 2.41 bits per heavy atom. The second kappa shape index (κ2) is 7.79. The number of aliphatic hydroxyl groups is 1. The summed E-state index contributed by atoms with van der Waals surface area (Å²) in [6, 6.07) is 27.0. The van der Waals surface area contributed by atoms with Crippen molar-refractivity contribution < 1.29 is 9.84 Å². The summed E-state index contributed by atoms with van der Waals surface area (Å²) in [5, 5.41) is 9.94. The standard InChI is InChI=1S/C24H24O2S/c1-24(17-25,19-7-3-2-4-8-19)26-20-13-11-18(12-14-20)21-15-16-27-23-10-6-5-9-22(21)23/h2-14,21,25H,15-17H2,1H3. The van der Waals surface area contributed by atoms with Crippen LogP contribution < -0.4 is 4.74 Å². The summed E-state index contributed by atoms with van der Waals surface area (Å²) >= 11 is 1.95. The quantitative estimate of drug-likeness (QED) is 0.628. The van der Waals surface area contributed by atoms with E-state index in [1.807, 2.05) is 61.2 Å². The molecule has 0 saturated heterocycles. The van der Waals surface area contributed by atoms with E-state index in [2.05, 4.69) is 36.4 Å². The number of thioether (sulfide) groups is 1. The minimum absolute atomic E-state index is 0.0774. The van der Waals surface area contributed by atoms with Crippen LogP contribution in [0.15, 0.2) is 83.8 Å². The number of aliphatic hydroxyl groups excluding tert-OH is 1. The Hall–Kier alpha value is -2.23. The fourth-order valence-electron chi connectivity index (χ4n) is 3.69. The summed E-state index contributed by atoms with van der Waals surface area (Å²) in [5.74, 6) is 2.36. The van der Waals surface area contributed by atoms with E-state index in [0.29, 0.717) is 5.92 Å². The van der Waals surface area contributed by atoms with Crippen molar-refractivity contribution in [3.05, 3.63) is 95.6 Å². The normalized spacial score (nSPS) is 18.4. The van der Waals surface area contributed by atoms with E-state index in [4.69, 9.17) is 4.74 Å². The van der Waals surface area contributed by atoms with Gasteiger partial charge < -0.3 is 9.84 Å². The van der Waals surface area contributed by atoms with Crippen LogP contribution in [0.3, 0.4) is 0 Å². The molecule has 0 radical (unpaired) electrons. The molecule has 138 valence electrons. The second-order valence-corrected chi connectivity index (χ2v) is 8.29. The molecule has 1 heterocycles. The highest BCUT2D eigenvalue weighted by Crippen LogP contribution is 2.41. The molecule has 2 nitrogen and oxygen atoms in total. The van der Waals surface area contributed by atoms with Gasteiger partial charge >= 0.3 is 0 Å². The van der Waals surface area contributed by atoms with Gasteiger partial charge in [-0.1, -0.05) is 60.7 Å². The van der Waals surface area contributed by atoms with Crippen LogP contribution in [0.25, 0.3) is 0 Å². The minimum atomic E-state index is -0.753. The number of fused-ring (bicyclic) bond motifs is 1. The van der Waals surface area contributed by atoms with Crippen LogP contribution in [0.4, 0.5) is 0 Å². The lowest BCUT2D eigenvalue weighted by Crippen LogP contribution is -2.33. The van der Waals surface area contributed by atoms with Crippen molar-refractivity contribution in [3.63, 3.8) is 0 Å². The minimum Gasteiger partial charge on any atom is -0.480 e. The number of benzene rings is 3. The maximum atomic E-state index is 9.94. The van der Waals surface area contributed by atoms with Crippen LogP contribution in [0, 0.1) is 0 Å². The molecule has 1 aliphatic rings. The van der Waals surface area contributed by atoms with Crippen LogP contribution in [-0.4, -0.2) is 17.5 Å². The Kier molecular flexibility index (Phi) is 5.24. The summed E-state index contributed by atoms with van der Waals surface area (Å²) in [5.41, 5.74) is 2.96. The highest BCUT2D eigenvalue weighted by molar-refractivity contribution is 7.99. The van der Waals surface area contributed by atoms with Gasteiger partial charge in [0.2, 0.25) is 0 Å². The zero-order valence-electron chi connectivity index (χ0n) is 15.5. The van der Waals surface area contributed by atoms with Crippen LogP contribution in [0.2, 0.25) is 0 Å². The molecule has 0 saturated carbocycles. The van der Waals surface area contributed by atoms with Crippen LogP contribution in [0.5, 0.6) is 5.75 Å². The highest BCUT2D eigenvalue weighted by Gasteiger charge is 2.28. The maximum absolute atomic E-state index is 9.94. The zero-order valence-corrected chi connectivity index (χ0v) is 16.3. The maximum Gasteiger partial charge on any atom is 0.154 e. The molecular formula is C24H24O2S. The predicted octanol–water partition coefficient (Wildman–Crippen LogP) is 5.60. The lowest BCUT2D eigenvalue weighted by molar-refractivity contribution is 0.0216. The van der Waals surface area contributed by atoms with E-state index in [-0.39, 0.29) is 6.61 Å². The molecule has 1 N–H and O–H groups in total. The molecule has 0 spiro atoms. The van der Waals surface area contributed by atoms with Gasteiger partial charge in [-0.05, 0) is 54.0 Å². The third-order valence-corrected chi connectivity index (χ3v) is 6.39. The first-order valence-corrected chi connectivity index (χ1v) is 10.4. The van der Waals surface area contributed by atoms with Crippen molar-refractivity contribution in [2.75, 3.05) is 12.4 Å². The molecule has 3 heteroatoms. The van der Waals surface area contributed by atoms with Crippen molar-refractivity contribution in [2.24, 2.45) is 0 Å². The third-order valence-electron chi connectivity index (χ3n) is 5.27. The van der Waals surface area contributed by atoms with Gasteiger partial charge in [0.25, 0.3) is 0 Å². The molecular weight excluding hydrogens is 352 g/mol. The fourth-order valence-corrected chi connectivity index (χ4v) is 4.82. The van der Waals surface area contributed by atoms with Crippen molar-refractivity contribution in [3.8, 4) is 5.75 Å². The first-order valence-electron chi connectivity index (χ1n) is 9.37. The molecule has 27 heavy (non-hydrogen) atoms. The van der Waals surface area contributed by atoms with Gasteiger partial charge in [0.05, 0.1) is 6.61 Å². The van der Waals surface area contributed by atoms with Crippen LogP contribution in [0.1, 0.15) is 36.0 Å². The van der Waals surface area contributed by atoms with Crippen molar-refractivity contribution >= 4 is 11.8 Å². The summed E-state index contributed by atoms with van der Waals surface area (Å²) in [6.45, 7) is 1.84. The highest BCUT2D eigenvalue weighted by atomic mass is 32.2. The Morgan fingerprint density at radius 1 is 0.963 bits per heavy atom. The number of ether oxygens (including phenoxy) is 1. The molecule has 0 fully saturated rings. The Bertz CT molecular complexity index is 892. The van der Waals surface area contributed by atoms with E-state index in [0.717, 1.165) is 23.5 Å². The molecule has 3 aromatic carbocycles. The lowest BCUT2D eigenvalue weighted by Gasteiger charge is -2.30. The van der Waals surface area contributed by atoms with Gasteiger partial charge in [-0.2, -0.15) is 0 Å². The third kappa shape index (κ3) is 3.76. The first kappa shape index (κ1) is 18.1. The molecule has 4 rings (SSSR count). The second-order valence-electron chi connectivity index (χ2n) is 7.15. The van der Waals surface area contributed by atoms with Crippen LogP contribution >= 0.6 is 11.8 Å². The van der Waals surface area contributed by atoms with E-state index >= 15 is 0 Å². The molecule has 0 bridgehead atoms. The Morgan fingerprint density at radius 2 is 1.67 bits per heavy atom. The largest absolute Gasteiger partial charge is 0.480 e. The molecule has 0 aromatic heterocycles. The van der Waals surface area contributed by atoms with Gasteiger partial charge in [-0.3, -0.25) is 0 Å². The van der Waals surface area contributed by atoms with Gasteiger partial charge in [0.15, 0.2) is 5.60 Å². The molecule has 1 aliphatic heterocycles. The molecule has 3 aromatic rings. The molecule has 0 aliphatic carbocycles. The topological polar surface area (TPSA) is 29.5 Å². The lowest BCUT2D eigenvalue weighted by atomic mass is 9.88. The first-order chi connectivity index (χ1) is 13.2. The smallest absolute Gasteiger partial charge is 0.154 e. The van der Waals surface area contributed by atoms with Crippen molar-refractivity contribution in [1.29, 1.82) is 0 Å². The van der Waals surface area contributed by atoms with Gasteiger partial charge in [0, 0.05) is 10.8 Å². The van der Waals surface area contributed by atoms with Crippen molar-refractivity contribution in [2.45, 2.75) is 29.8 Å². The average molecular weight is 377 g/mol. The van der Waals surface area contributed by atoms with Gasteiger partial charge in [-0.15, -0.1) is 11.8 Å². The van der Waals surface area contributed by atoms with Gasteiger partial charge in [0.1, 0.15) is 5.75 Å². The average Bonchev–Trinajstić information content (AvgIpc) is 2.74. The SMILES string of the molecule is CC(CO)(Oc1ccc(C2CCSc3ccccc32)cc1)c1ccccc1. The molecule has 2 unspecified atom stereocenters. The summed E-state index contributed by atoms with van der Waals surface area (Å²) in [4.78, 5) is 1.39. The Balaban J connectivity index is 1.57. The summed E-state index contributed by atoms with van der Waals surface area (Å²) in [6.07, 6.45) is 1.15. The van der Waals surface area contributed by atoms with E-state index in [1.165, 1.54) is 16.0 Å². The summed E-state index contributed by atoms with van der Waals surface area (Å²) in [7, 11) is 0. The zero-order chi connectivity index (χ0) is 18.7. The van der Waals surface area contributed by atoms with Crippen LogP contribution in [-0.2, 0) is 5.60 Å². The molecule has 2 atom stereocenters. The number of hydrogen-bond acceptors (Lipinski definition) is 3. The van der Waals surface area contributed by atoms with E-state index < -0.39 is 5.60 Å². The fraction of sp³-hybridized carbons (Fsp3) is 0.250. The number of rotatable bonds is 5. The summed E-state index contributed by atoms with van der Waals surface area (Å²) < 4.78 is 6.19. The predicted molar refractivity (Wildman–Crippen MR) is 112 cm³/mol. The van der Waals surface area contributed by atoms with Gasteiger partial charge in [-0.25, -0.2) is 0 Å². The number of hydrogen-bond donors (Lipinski definition) is 1. The van der Waals surface area contributed by atoms with Crippen molar-refractivity contribution in [1.82, 2.24) is 0 Å².